The maximum Gasteiger partial charge on any atom is 0.251 e. The molecule has 0 radical (unpaired) electrons. The van der Waals surface area contributed by atoms with Crippen molar-refractivity contribution in [1.82, 2.24) is 9.97 Å². The fraction of sp³-hybridized carbons (Fsp3) is 0.231. The Hall–Kier alpha value is -1.94. The average molecular weight is 229 g/mol. The highest BCUT2D eigenvalue weighted by Crippen LogP contribution is 2.16. The summed E-state index contributed by atoms with van der Waals surface area (Å²) >= 11 is 0. The minimum Gasteiger partial charge on any atom is -0.330 e. The first-order valence-corrected chi connectivity index (χ1v) is 5.57. The molecule has 0 saturated heterocycles. The van der Waals surface area contributed by atoms with Gasteiger partial charge in [0, 0.05) is 24.1 Å². The predicted molar refractivity (Wildman–Crippen MR) is 67.8 cm³/mol. The first kappa shape index (κ1) is 11.5. The molecular weight excluding hydrogens is 214 g/mol. The maximum absolute atomic E-state index is 11.6. The van der Waals surface area contributed by atoms with Gasteiger partial charge in [0.2, 0.25) is 0 Å². The van der Waals surface area contributed by atoms with Crippen LogP contribution in [0.15, 0.2) is 41.2 Å². The van der Waals surface area contributed by atoms with Crippen LogP contribution in [-0.4, -0.2) is 16.5 Å². The summed E-state index contributed by atoms with van der Waals surface area (Å²) in [4.78, 5) is 18.7. The van der Waals surface area contributed by atoms with Crippen molar-refractivity contribution in [2.24, 2.45) is 5.73 Å². The van der Waals surface area contributed by atoms with Crippen LogP contribution in [0.2, 0.25) is 0 Å². The normalized spacial score (nSPS) is 12.4. The zero-order chi connectivity index (χ0) is 12.3. The van der Waals surface area contributed by atoms with Crippen molar-refractivity contribution in [1.29, 1.82) is 0 Å². The first-order chi connectivity index (χ1) is 8.20. The highest BCUT2D eigenvalue weighted by atomic mass is 16.1. The van der Waals surface area contributed by atoms with Crippen LogP contribution in [0.3, 0.4) is 0 Å². The van der Waals surface area contributed by atoms with Crippen LogP contribution < -0.4 is 11.3 Å². The summed E-state index contributed by atoms with van der Waals surface area (Å²) in [5.74, 6) is 0.685. The van der Waals surface area contributed by atoms with Crippen molar-refractivity contribution in [2.75, 3.05) is 6.54 Å². The Balaban J connectivity index is 2.49. The van der Waals surface area contributed by atoms with E-state index >= 15 is 0 Å². The molecule has 0 bridgehead atoms. The monoisotopic (exact) mass is 229 g/mol. The van der Waals surface area contributed by atoms with Crippen molar-refractivity contribution in [3.63, 3.8) is 0 Å². The van der Waals surface area contributed by atoms with E-state index in [1.165, 1.54) is 6.07 Å². The van der Waals surface area contributed by atoms with Crippen LogP contribution in [-0.2, 0) is 0 Å². The molecule has 0 spiro atoms. The van der Waals surface area contributed by atoms with E-state index in [4.69, 9.17) is 5.73 Å². The molecule has 17 heavy (non-hydrogen) atoms. The first-order valence-electron chi connectivity index (χ1n) is 5.57. The second kappa shape index (κ2) is 4.93. The Morgan fingerprint density at radius 1 is 1.35 bits per heavy atom. The predicted octanol–water partition coefficient (Wildman–Crippen LogP) is 1.50. The van der Waals surface area contributed by atoms with E-state index in [0.29, 0.717) is 18.1 Å². The molecule has 1 unspecified atom stereocenters. The van der Waals surface area contributed by atoms with Gasteiger partial charge in [-0.2, -0.15) is 0 Å². The smallest absolute Gasteiger partial charge is 0.251 e. The van der Waals surface area contributed by atoms with Gasteiger partial charge in [-0.15, -0.1) is 0 Å². The van der Waals surface area contributed by atoms with Gasteiger partial charge < -0.3 is 10.7 Å². The molecule has 88 valence electrons. The van der Waals surface area contributed by atoms with E-state index in [2.05, 4.69) is 9.97 Å². The second-order valence-electron chi connectivity index (χ2n) is 4.02. The lowest BCUT2D eigenvalue weighted by Gasteiger charge is -2.09. The van der Waals surface area contributed by atoms with Crippen molar-refractivity contribution in [2.45, 2.75) is 12.8 Å². The summed E-state index contributed by atoms with van der Waals surface area (Å²) in [6.07, 6.45) is 0. The topological polar surface area (TPSA) is 71.8 Å². The maximum atomic E-state index is 11.6. The molecule has 0 saturated carbocycles. The Labute approximate surface area is 99.5 Å². The van der Waals surface area contributed by atoms with Gasteiger partial charge in [-0.1, -0.05) is 37.3 Å². The lowest BCUT2D eigenvalue weighted by Crippen LogP contribution is -2.18. The van der Waals surface area contributed by atoms with Gasteiger partial charge >= 0.3 is 0 Å². The van der Waals surface area contributed by atoms with Gasteiger partial charge in [-0.25, -0.2) is 4.98 Å². The number of hydrogen-bond acceptors (Lipinski definition) is 3. The molecule has 0 aliphatic carbocycles. The number of benzene rings is 1. The Morgan fingerprint density at radius 3 is 2.71 bits per heavy atom. The number of aromatic amines is 1. The Morgan fingerprint density at radius 2 is 2.06 bits per heavy atom. The van der Waals surface area contributed by atoms with Gasteiger partial charge in [-0.05, 0) is 0 Å². The molecule has 0 aliphatic rings. The molecule has 0 aliphatic heterocycles. The molecule has 1 heterocycles. The SMILES string of the molecule is CC(CN)c1nc(-c2ccccc2)cc(=O)[nH]1. The lowest BCUT2D eigenvalue weighted by atomic mass is 10.1. The third-order valence-electron chi connectivity index (χ3n) is 2.65. The van der Waals surface area contributed by atoms with E-state index in [-0.39, 0.29) is 11.5 Å². The van der Waals surface area contributed by atoms with Crippen LogP contribution >= 0.6 is 0 Å². The fourth-order valence-corrected chi connectivity index (χ4v) is 1.58. The van der Waals surface area contributed by atoms with E-state index in [1.54, 1.807) is 0 Å². The number of H-pyrrole nitrogens is 1. The molecule has 4 nitrogen and oxygen atoms in total. The number of nitrogens with zero attached hydrogens (tertiary/aromatic N) is 1. The van der Waals surface area contributed by atoms with Gasteiger partial charge in [-0.3, -0.25) is 4.79 Å². The minimum absolute atomic E-state index is 0.0476. The minimum atomic E-state index is -0.144. The highest BCUT2D eigenvalue weighted by Gasteiger charge is 2.08. The zero-order valence-electron chi connectivity index (χ0n) is 9.68. The summed E-state index contributed by atoms with van der Waals surface area (Å²) in [6.45, 7) is 2.40. The number of hydrogen-bond donors (Lipinski definition) is 2. The molecule has 1 aromatic heterocycles. The molecule has 1 atom stereocenters. The molecule has 3 N–H and O–H groups in total. The summed E-state index contributed by atoms with van der Waals surface area (Å²) < 4.78 is 0. The van der Waals surface area contributed by atoms with Crippen LogP contribution in [0.25, 0.3) is 11.3 Å². The number of nitrogens with two attached hydrogens (primary N) is 1. The lowest BCUT2D eigenvalue weighted by molar-refractivity contribution is 0.708. The fourth-order valence-electron chi connectivity index (χ4n) is 1.58. The summed E-state index contributed by atoms with van der Waals surface area (Å²) in [5, 5.41) is 0. The van der Waals surface area contributed by atoms with E-state index < -0.39 is 0 Å². The van der Waals surface area contributed by atoms with Crippen molar-refractivity contribution >= 4 is 0 Å². The van der Waals surface area contributed by atoms with Crippen molar-refractivity contribution in [3.05, 3.63) is 52.6 Å². The Kier molecular flexibility index (Phi) is 3.35. The third kappa shape index (κ3) is 2.60. The number of nitrogens with one attached hydrogen (secondary N) is 1. The van der Waals surface area contributed by atoms with Crippen LogP contribution in [0.5, 0.6) is 0 Å². The van der Waals surface area contributed by atoms with E-state index in [9.17, 15) is 4.79 Å². The highest BCUT2D eigenvalue weighted by molar-refractivity contribution is 5.58. The summed E-state index contributed by atoms with van der Waals surface area (Å²) in [7, 11) is 0. The molecular formula is C13H15N3O. The van der Waals surface area contributed by atoms with Gasteiger partial charge in [0.15, 0.2) is 0 Å². The van der Waals surface area contributed by atoms with Gasteiger partial charge in [0.1, 0.15) is 5.82 Å². The van der Waals surface area contributed by atoms with Crippen LogP contribution in [0, 0.1) is 0 Å². The van der Waals surface area contributed by atoms with E-state index in [0.717, 1.165) is 5.56 Å². The second-order valence-corrected chi connectivity index (χ2v) is 4.02. The summed E-state index contributed by atoms with van der Waals surface area (Å²) in [6, 6.07) is 11.1. The van der Waals surface area contributed by atoms with Crippen LogP contribution in [0.1, 0.15) is 18.7 Å². The van der Waals surface area contributed by atoms with Crippen LogP contribution in [0.4, 0.5) is 0 Å². The third-order valence-corrected chi connectivity index (χ3v) is 2.65. The van der Waals surface area contributed by atoms with Crippen molar-refractivity contribution < 1.29 is 0 Å². The Bertz CT molecular complexity index is 548. The molecule has 0 fully saturated rings. The molecule has 2 rings (SSSR count). The standard InChI is InChI=1S/C13H15N3O/c1-9(8-14)13-15-11(7-12(17)16-13)10-5-3-2-4-6-10/h2-7,9H,8,14H2,1H3,(H,15,16,17). The van der Waals surface area contributed by atoms with Gasteiger partial charge in [0.25, 0.3) is 5.56 Å². The summed E-state index contributed by atoms with van der Waals surface area (Å²) in [5.41, 5.74) is 7.06. The number of aromatic nitrogens is 2. The largest absolute Gasteiger partial charge is 0.330 e. The molecule has 1 aromatic carbocycles. The number of rotatable bonds is 3. The molecule has 0 amide bonds. The van der Waals surface area contributed by atoms with Gasteiger partial charge in [0.05, 0.1) is 5.69 Å². The molecule has 2 aromatic rings. The zero-order valence-corrected chi connectivity index (χ0v) is 9.68. The van der Waals surface area contributed by atoms with E-state index in [1.807, 2.05) is 37.3 Å². The quantitative estimate of drug-likeness (QED) is 0.837. The molecule has 4 heteroatoms. The van der Waals surface area contributed by atoms with Crippen molar-refractivity contribution in [3.8, 4) is 11.3 Å². The average Bonchev–Trinajstić information content (AvgIpc) is 2.38.